The van der Waals surface area contributed by atoms with Crippen molar-refractivity contribution in [3.8, 4) is 5.69 Å². The van der Waals surface area contributed by atoms with Crippen LogP contribution < -0.4 is 16.2 Å². The van der Waals surface area contributed by atoms with Crippen LogP contribution in [0.5, 0.6) is 0 Å². The van der Waals surface area contributed by atoms with Gasteiger partial charge < -0.3 is 20.5 Å². The number of anilines is 1. The second-order valence-electron chi connectivity index (χ2n) is 9.90. The van der Waals surface area contributed by atoms with Gasteiger partial charge in [0.15, 0.2) is 5.65 Å². The van der Waals surface area contributed by atoms with Crippen molar-refractivity contribution < 1.29 is 4.79 Å². The van der Waals surface area contributed by atoms with Crippen LogP contribution in [0.15, 0.2) is 41.2 Å². The van der Waals surface area contributed by atoms with Crippen LogP contribution in [0, 0.1) is 0 Å². The molecule has 0 spiro atoms. The Morgan fingerprint density at radius 2 is 1.72 bits per heavy atom. The molecule has 2 aromatic heterocycles. The number of benzene rings is 2. The number of likely N-dealkylation sites (N-methyl/N-ethyl adjacent to an activating group) is 1. The van der Waals surface area contributed by atoms with E-state index in [9.17, 15) is 9.59 Å². The molecule has 2 heterocycles. The lowest BCUT2D eigenvalue weighted by Gasteiger charge is -2.20. The number of H-pyrrole nitrogens is 1. The molecular weight excluding hydrogens is 561 g/mol. The number of halogens is 3. The molecule has 0 radical (unpaired) electrons. The number of fused-ring (bicyclic) bond motifs is 1. The van der Waals surface area contributed by atoms with Crippen LogP contribution in [0.4, 0.5) is 10.5 Å². The minimum Gasteiger partial charge on any atom is -0.336 e. The molecule has 4 rings (SSSR count). The maximum atomic E-state index is 13.2. The summed E-state index contributed by atoms with van der Waals surface area (Å²) in [5.41, 5.74) is 2.58. The van der Waals surface area contributed by atoms with E-state index >= 15 is 0 Å². The highest BCUT2D eigenvalue weighted by Gasteiger charge is 2.23. The van der Waals surface area contributed by atoms with E-state index in [1.54, 1.807) is 24.3 Å². The summed E-state index contributed by atoms with van der Waals surface area (Å²) in [6.45, 7) is 6.45. The Morgan fingerprint density at radius 3 is 2.31 bits per heavy atom. The fraction of sp³-hybridized carbons (Fsp3) is 0.333. The van der Waals surface area contributed by atoms with Crippen molar-refractivity contribution in [3.05, 3.63) is 78.9 Å². The van der Waals surface area contributed by atoms with Gasteiger partial charge in [0.25, 0.3) is 5.56 Å². The molecule has 0 bridgehead atoms. The third-order valence-corrected chi connectivity index (χ3v) is 7.17. The fourth-order valence-corrected chi connectivity index (χ4v) is 4.95. The number of urea groups is 1. The monoisotopic (exact) mass is 589 g/mol. The Labute approximate surface area is 241 Å². The second kappa shape index (κ2) is 12.0. The third-order valence-electron chi connectivity index (χ3n) is 6.38. The molecule has 206 valence electrons. The van der Waals surface area contributed by atoms with Gasteiger partial charge in [-0.2, -0.15) is 5.10 Å². The van der Waals surface area contributed by atoms with Gasteiger partial charge in [0.2, 0.25) is 0 Å². The van der Waals surface area contributed by atoms with E-state index in [1.807, 2.05) is 51.9 Å². The zero-order chi connectivity index (χ0) is 28.4. The smallest absolute Gasteiger partial charge is 0.319 e. The van der Waals surface area contributed by atoms with Gasteiger partial charge in [-0.05, 0) is 56.8 Å². The Morgan fingerprint density at radius 1 is 1.08 bits per heavy atom. The summed E-state index contributed by atoms with van der Waals surface area (Å²) in [4.78, 5) is 35.1. The average molecular weight is 591 g/mol. The van der Waals surface area contributed by atoms with Crippen LogP contribution in [0.1, 0.15) is 43.8 Å². The lowest BCUT2D eigenvalue weighted by molar-refractivity contribution is 0.245. The molecule has 2 amide bonds. The Bertz CT molecular complexity index is 1540. The molecule has 0 aliphatic heterocycles. The maximum absolute atomic E-state index is 13.2. The molecule has 1 atom stereocenters. The van der Waals surface area contributed by atoms with E-state index in [-0.39, 0.29) is 23.6 Å². The molecule has 0 saturated carbocycles. The first-order chi connectivity index (χ1) is 18.4. The molecule has 2 aromatic carbocycles. The Balaban J connectivity index is 1.61. The highest BCUT2D eigenvalue weighted by atomic mass is 35.5. The molecule has 12 heteroatoms. The summed E-state index contributed by atoms with van der Waals surface area (Å²) >= 11 is 19.1. The molecule has 3 N–H and O–H groups in total. The van der Waals surface area contributed by atoms with Gasteiger partial charge >= 0.3 is 6.03 Å². The van der Waals surface area contributed by atoms with Crippen molar-refractivity contribution >= 4 is 57.6 Å². The van der Waals surface area contributed by atoms with Crippen molar-refractivity contribution in [1.82, 2.24) is 30.0 Å². The van der Waals surface area contributed by atoms with Crippen molar-refractivity contribution in [2.45, 2.75) is 39.2 Å². The van der Waals surface area contributed by atoms with Crippen LogP contribution in [0.25, 0.3) is 16.7 Å². The molecule has 0 aliphatic rings. The number of rotatable bonds is 8. The van der Waals surface area contributed by atoms with Crippen molar-refractivity contribution in [2.75, 3.05) is 26.0 Å². The van der Waals surface area contributed by atoms with E-state index in [2.05, 4.69) is 20.7 Å². The molecule has 39 heavy (non-hydrogen) atoms. The Kier molecular flexibility index (Phi) is 8.86. The summed E-state index contributed by atoms with van der Waals surface area (Å²) in [6, 6.07) is 10.4. The molecule has 4 aromatic rings. The second-order valence-corrected chi connectivity index (χ2v) is 11.2. The van der Waals surface area contributed by atoms with Crippen molar-refractivity contribution in [3.63, 3.8) is 0 Å². The van der Waals surface area contributed by atoms with Gasteiger partial charge in [-0.1, -0.05) is 60.8 Å². The summed E-state index contributed by atoms with van der Waals surface area (Å²) in [5.74, 6) is 0.400. The number of nitrogens with one attached hydrogen (secondary N) is 3. The number of nitrogens with zero attached hydrogens (tertiary/aromatic N) is 4. The van der Waals surface area contributed by atoms with Crippen LogP contribution in [0.3, 0.4) is 0 Å². The predicted octanol–water partition coefficient (Wildman–Crippen LogP) is 5.85. The number of hydrogen-bond acceptors (Lipinski definition) is 5. The van der Waals surface area contributed by atoms with Crippen LogP contribution in [0.2, 0.25) is 15.1 Å². The van der Waals surface area contributed by atoms with Gasteiger partial charge in [0.1, 0.15) is 16.9 Å². The van der Waals surface area contributed by atoms with E-state index in [0.717, 1.165) is 5.56 Å². The normalized spacial score (nSPS) is 12.4. The lowest BCUT2D eigenvalue weighted by Crippen LogP contribution is -2.40. The summed E-state index contributed by atoms with van der Waals surface area (Å²) < 4.78 is 1.51. The highest BCUT2D eigenvalue weighted by molar-refractivity contribution is 6.40. The highest BCUT2D eigenvalue weighted by Crippen LogP contribution is 2.34. The molecule has 0 aliphatic carbocycles. The predicted molar refractivity (Wildman–Crippen MR) is 158 cm³/mol. The zero-order valence-electron chi connectivity index (χ0n) is 22.3. The minimum absolute atomic E-state index is 0.0457. The average Bonchev–Trinajstić information content (AvgIpc) is 3.23. The lowest BCUT2D eigenvalue weighted by atomic mass is 10.1. The van der Waals surface area contributed by atoms with Crippen LogP contribution in [-0.4, -0.2) is 57.4 Å². The first-order valence-corrected chi connectivity index (χ1v) is 13.5. The van der Waals surface area contributed by atoms with Crippen LogP contribution >= 0.6 is 34.8 Å². The molecule has 0 fully saturated rings. The fourth-order valence-electron chi connectivity index (χ4n) is 3.97. The van der Waals surface area contributed by atoms with Crippen LogP contribution in [-0.2, 0) is 6.42 Å². The quantitative estimate of drug-likeness (QED) is 0.238. The van der Waals surface area contributed by atoms with Gasteiger partial charge in [0, 0.05) is 29.7 Å². The first-order valence-electron chi connectivity index (χ1n) is 12.4. The van der Waals surface area contributed by atoms with Gasteiger partial charge in [-0.25, -0.2) is 14.5 Å². The first kappa shape index (κ1) is 28.9. The van der Waals surface area contributed by atoms with E-state index in [4.69, 9.17) is 39.8 Å². The number of aromatic amines is 1. The zero-order valence-corrected chi connectivity index (χ0v) is 24.5. The number of hydrogen-bond donors (Lipinski definition) is 3. The Hall–Kier alpha value is -3.11. The molecular formula is C27H30Cl3N7O2. The maximum Gasteiger partial charge on any atom is 0.319 e. The number of carbonyl (C=O) groups excluding carboxylic acids is 1. The molecule has 9 nitrogen and oxygen atoms in total. The van der Waals surface area contributed by atoms with E-state index < -0.39 is 0 Å². The van der Waals surface area contributed by atoms with E-state index in [1.165, 1.54) is 4.68 Å². The van der Waals surface area contributed by atoms with Gasteiger partial charge in [-0.15, -0.1) is 0 Å². The van der Waals surface area contributed by atoms with Crippen molar-refractivity contribution in [1.29, 1.82) is 0 Å². The SMILES string of the molecule is CC(C)c1nn(-c2c(Cl)cc(Cl)cc2Cl)c2nc(Cc3ccc(NC(=O)NCC(C)N(C)C)cc3)[nH]c(=O)c12. The summed E-state index contributed by atoms with van der Waals surface area (Å²) in [5, 5.41) is 11.7. The van der Waals surface area contributed by atoms with E-state index in [0.29, 0.717) is 62.0 Å². The standard InChI is InChI=1S/C27H30Cl3N7O2/c1-14(2)23-22-25(37(35-23)24-19(29)11-17(28)12-20(24)30)33-21(34-26(22)38)10-16-6-8-18(9-7-16)32-27(39)31-13-15(3)36(4)5/h6-9,11-12,14-15H,10,13H2,1-5H3,(H2,31,32,39)(H,33,34,38). The summed E-state index contributed by atoms with van der Waals surface area (Å²) in [7, 11) is 3.92. The number of carbonyl (C=O) groups is 1. The minimum atomic E-state index is -0.298. The third kappa shape index (κ3) is 6.55. The number of aromatic nitrogens is 4. The topological polar surface area (TPSA) is 108 Å². The van der Waals surface area contributed by atoms with Gasteiger partial charge in [-0.3, -0.25) is 4.79 Å². The molecule has 1 unspecified atom stereocenters. The number of amides is 2. The summed E-state index contributed by atoms with van der Waals surface area (Å²) in [6.07, 6.45) is 0.349. The largest absolute Gasteiger partial charge is 0.336 e. The molecule has 0 saturated heterocycles. The van der Waals surface area contributed by atoms with Gasteiger partial charge in [0.05, 0.1) is 15.7 Å². The van der Waals surface area contributed by atoms with Crippen molar-refractivity contribution in [2.24, 2.45) is 0 Å².